The number of aromatic nitrogens is 4. The van der Waals surface area contributed by atoms with Crippen molar-refractivity contribution in [2.45, 2.75) is 26.9 Å². The molecule has 158 valence electrons. The van der Waals surface area contributed by atoms with E-state index < -0.39 is 5.91 Å². The van der Waals surface area contributed by atoms with Crippen LogP contribution in [-0.2, 0) is 13.1 Å². The average Bonchev–Trinajstić information content (AvgIpc) is 3.30. The van der Waals surface area contributed by atoms with Crippen molar-refractivity contribution in [1.29, 1.82) is 0 Å². The van der Waals surface area contributed by atoms with Gasteiger partial charge in [0, 0.05) is 31.0 Å². The van der Waals surface area contributed by atoms with Gasteiger partial charge in [-0.25, -0.2) is 9.67 Å². The minimum atomic E-state index is -0.489. The van der Waals surface area contributed by atoms with Gasteiger partial charge in [0.05, 0.1) is 16.8 Å². The topological polar surface area (TPSA) is 98.9 Å². The van der Waals surface area contributed by atoms with E-state index in [2.05, 4.69) is 15.4 Å². The smallest absolute Gasteiger partial charge is 0.266 e. The number of aryl methyl sites for hydroxylation is 2. The Labute approximate surface area is 181 Å². The third kappa shape index (κ3) is 4.17. The summed E-state index contributed by atoms with van der Waals surface area (Å²) in [6.07, 6.45) is 1.54. The minimum Gasteiger partial charge on any atom is -0.350 e. The third-order valence-electron chi connectivity index (χ3n) is 4.90. The molecule has 0 aliphatic carbocycles. The highest BCUT2D eigenvalue weighted by Gasteiger charge is 2.16. The van der Waals surface area contributed by atoms with Crippen molar-refractivity contribution in [3.05, 3.63) is 79.8 Å². The summed E-state index contributed by atoms with van der Waals surface area (Å²) >= 11 is 1.53. The second-order valence-electron chi connectivity index (χ2n) is 6.99. The molecule has 0 saturated carbocycles. The van der Waals surface area contributed by atoms with E-state index in [1.165, 1.54) is 28.3 Å². The maximum absolute atomic E-state index is 12.8. The van der Waals surface area contributed by atoms with Gasteiger partial charge in [-0.2, -0.15) is 5.10 Å². The van der Waals surface area contributed by atoms with Crippen LogP contribution in [0, 0.1) is 6.92 Å². The van der Waals surface area contributed by atoms with E-state index in [1.807, 2.05) is 31.4 Å². The van der Waals surface area contributed by atoms with Gasteiger partial charge in [0.1, 0.15) is 16.9 Å². The van der Waals surface area contributed by atoms with Crippen LogP contribution in [0.1, 0.15) is 23.0 Å². The van der Waals surface area contributed by atoms with E-state index >= 15 is 0 Å². The number of fused-ring (bicyclic) bond motifs is 1. The van der Waals surface area contributed by atoms with Crippen molar-refractivity contribution in [2.75, 3.05) is 6.54 Å². The van der Waals surface area contributed by atoms with Crippen LogP contribution in [0.3, 0.4) is 0 Å². The number of amides is 1. The fourth-order valence-corrected chi connectivity index (χ4v) is 3.99. The lowest BCUT2D eigenvalue weighted by molar-refractivity contribution is 0.0950. The summed E-state index contributed by atoms with van der Waals surface area (Å²) in [7, 11) is 0. The summed E-state index contributed by atoms with van der Waals surface area (Å²) in [4.78, 5) is 43.1. The van der Waals surface area contributed by atoms with Gasteiger partial charge in [0.2, 0.25) is 5.43 Å². The van der Waals surface area contributed by atoms with Crippen LogP contribution in [-0.4, -0.2) is 31.8 Å². The molecule has 0 fully saturated rings. The quantitative estimate of drug-likeness (QED) is 0.502. The van der Waals surface area contributed by atoms with Crippen LogP contribution in [0.15, 0.2) is 57.6 Å². The molecule has 1 amide bonds. The molecule has 1 N–H and O–H groups in total. The Morgan fingerprint density at radius 1 is 1.16 bits per heavy atom. The Morgan fingerprint density at radius 3 is 2.74 bits per heavy atom. The molecule has 4 heterocycles. The number of thiophene rings is 1. The first-order valence-electron chi connectivity index (χ1n) is 9.89. The molecular weight excluding hydrogens is 414 g/mol. The standard InChI is InChI=1S/C22H21N5O3S/c1-3-26-13-16(20(29)15-7-6-14(2)24-21(15)26)22(30)23-10-11-27-19(28)9-8-17(25-27)18-5-4-12-31-18/h4-9,12-13H,3,10-11H2,1-2H3,(H,23,30). The Kier molecular flexibility index (Phi) is 5.77. The number of carbonyl (C=O) groups excluding carboxylic acids is 1. The molecule has 4 rings (SSSR count). The van der Waals surface area contributed by atoms with E-state index in [4.69, 9.17) is 0 Å². The molecule has 8 nitrogen and oxygen atoms in total. The number of nitrogens with one attached hydrogen (secondary N) is 1. The molecule has 0 bridgehead atoms. The lowest BCUT2D eigenvalue weighted by Crippen LogP contribution is -2.34. The molecule has 0 saturated heterocycles. The van der Waals surface area contributed by atoms with E-state index in [1.54, 1.807) is 22.8 Å². The van der Waals surface area contributed by atoms with Crippen LogP contribution in [0.5, 0.6) is 0 Å². The zero-order valence-corrected chi connectivity index (χ0v) is 18.0. The summed E-state index contributed by atoms with van der Waals surface area (Å²) in [5, 5.41) is 9.44. The van der Waals surface area contributed by atoms with Crippen LogP contribution in [0.4, 0.5) is 0 Å². The SMILES string of the molecule is CCn1cc(C(=O)NCCn2nc(-c3cccs3)ccc2=O)c(=O)c2ccc(C)nc21. The molecule has 0 unspecified atom stereocenters. The first kappa shape index (κ1) is 20.7. The average molecular weight is 436 g/mol. The molecule has 0 aliphatic heterocycles. The summed E-state index contributed by atoms with van der Waals surface area (Å²) in [6.45, 7) is 4.71. The fraction of sp³-hybridized carbons (Fsp3) is 0.227. The largest absolute Gasteiger partial charge is 0.350 e. The van der Waals surface area contributed by atoms with Crippen molar-refractivity contribution < 1.29 is 4.79 Å². The van der Waals surface area contributed by atoms with E-state index in [9.17, 15) is 14.4 Å². The second kappa shape index (κ2) is 8.65. The molecular formula is C22H21N5O3S. The van der Waals surface area contributed by atoms with Crippen molar-refractivity contribution >= 4 is 28.3 Å². The van der Waals surface area contributed by atoms with Gasteiger partial charge in [0.15, 0.2) is 0 Å². The van der Waals surface area contributed by atoms with E-state index in [0.717, 1.165) is 10.6 Å². The normalized spacial score (nSPS) is 11.0. The van der Waals surface area contributed by atoms with Gasteiger partial charge in [-0.05, 0) is 43.5 Å². The molecule has 9 heteroatoms. The first-order chi connectivity index (χ1) is 15.0. The van der Waals surface area contributed by atoms with Crippen molar-refractivity contribution in [3.63, 3.8) is 0 Å². The summed E-state index contributed by atoms with van der Waals surface area (Å²) in [5.41, 5.74) is 1.49. The summed E-state index contributed by atoms with van der Waals surface area (Å²) < 4.78 is 3.10. The molecule has 0 atom stereocenters. The molecule has 0 aromatic carbocycles. The lowest BCUT2D eigenvalue weighted by Gasteiger charge is -2.12. The Balaban J connectivity index is 1.54. The van der Waals surface area contributed by atoms with Gasteiger partial charge in [-0.15, -0.1) is 11.3 Å². The number of hydrogen-bond acceptors (Lipinski definition) is 6. The lowest BCUT2D eigenvalue weighted by atomic mass is 10.1. The Morgan fingerprint density at radius 2 is 2.00 bits per heavy atom. The monoisotopic (exact) mass is 435 g/mol. The van der Waals surface area contributed by atoms with Gasteiger partial charge >= 0.3 is 0 Å². The predicted octanol–water partition coefficient (Wildman–Crippen LogP) is 2.44. The third-order valence-corrected chi connectivity index (χ3v) is 5.79. The molecule has 4 aromatic rings. The maximum Gasteiger partial charge on any atom is 0.266 e. The van der Waals surface area contributed by atoms with Crippen LogP contribution in [0.2, 0.25) is 0 Å². The van der Waals surface area contributed by atoms with Gasteiger partial charge in [0.25, 0.3) is 11.5 Å². The number of carbonyl (C=O) groups is 1. The van der Waals surface area contributed by atoms with E-state index in [0.29, 0.717) is 23.3 Å². The van der Waals surface area contributed by atoms with Gasteiger partial charge in [-0.3, -0.25) is 14.4 Å². The zero-order valence-electron chi connectivity index (χ0n) is 17.2. The van der Waals surface area contributed by atoms with E-state index in [-0.39, 0.29) is 29.6 Å². The minimum absolute atomic E-state index is 0.0487. The van der Waals surface area contributed by atoms with Gasteiger partial charge in [-0.1, -0.05) is 6.07 Å². The molecule has 0 spiro atoms. The predicted molar refractivity (Wildman–Crippen MR) is 121 cm³/mol. The molecule has 0 aliphatic rings. The van der Waals surface area contributed by atoms with Crippen molar-refractivity contribution in [3.8, 4) is 10.6 Å². The van der Waals surface area contributed by atoms with Crippen molar-refractivity contribution in [1.82, 2.24) is 24.6 Å². The summed E-state index contributed by atoms with van der Waals surface area (Å²) in [5.74, 6) is -0.489. The second-order valence-corrected chi connectivity index (χ2v) is 7.94. The van der Waals surface area contributed by atoms with Crippen molar-refractivity contribution in [2.24, 2.45) is 0 Å². The Bertz CT molecular complexity index is 1370. The molecule has 0 radical (unpaired) electrons. The number of nitrogens with zero attached hydrogens (tertiary/aromatic N) is 4. The summed E-state index contributed by atoms with van der Waals surface area (Å²) in [6, 6.07) is 10.4. The van der Waals surface area contributed by atoms with Crippen LogP contribution in [0.25, 0.3) is 21.6 Å². The zero-order chi connectivity index (χ0) is 22.0. The molecule has 4 aromatic heterocycles. The maximum atomic E-state index is 12.8. The Hall–Kier alpha value is -3.59. The fourth-order valence-electron chi connectivity index (χ4n) is 3.30. The first-order valence-corrected chi connectivity index (χ1v) is 10.8. The van der Waals surface area contributed by atoms with Crippen LogP contribution >= 0.6 is 11.3 Å². The number of rotatable bonds is 6. The number of hydrogen-bond donors (Lipinski definition) is 1. The van der Waals surface area contributed by atoms with Gasteiger partial charge < -0.3 is 9.88 Å². The number of pyridine rings is 2. The highest BCUT2D eigenvalue weighted by atomic mass is 32.1. The highest BCUT2D eigenvalue weighted by Crippen LogP contribution is 2.21. The molecule has 31 heavy (non-hydrogen) atoms. The van der Waals surface area contributed by atoms with Crippen LogP contribution < -0.4 is 16.3 Å². The highest BCUT2D eigenvalue weighted by molar-refractivity contribution is 7.13.